The number of amides is 1. The number of carbonyl (C=O) groups excluding carboxylic acids is 1. The number of anilines is 1. The number of hydrogen-bond acceptors (Lipinski definition) is 5. The van der Waals surface area contributed by atoms with E-state index in [2.05, 4.69) is 0 Å². The maximum absolute atomic E-state index is 13.0. The maximum Gasteiger partial charge on any atom is 0.270 e. The normalized spacial score (nSPS) is 15.0. The quantitative estimate of drug-likeness (QED) is 0.338. The highest BCUT2D eigenvalue weighted by molar-refractivity contribution is 8.27. The van der Waals surface area contributed by atoms with Crippen molar-refractivity contribution < 1.29 is 14.3 Å². The van der Waals surface area contributed by atoms with Gasteiger partial charge in [0.1, 0.15) is 17.2 Å². The number of rotatable bonds is 6. The molecule has 1 aliphatic rings. The first-order valence-electron chi connectivity index (χ1n) is 9.48. The highest BCUT2D eigenvalue weighted by Crippen LogP contribution is 2.37. The van der Waals surface area contributed by atoms with Crippen molar-refractivity contribution in [2.75, 3.05) is 11.5 Å². The van der Waals surface area contributed by atoms with Gasteiger partial charge in [0.05, 0.1) is 17.2 Å². The van der Waals surface area contributed by atoms with Crippen LogP contribution >= 0.6 is 24.0 Å². The second-order valence-corrected chi connectivity index (χ2v) is 8.11. The number of thiocarbonyl (C=S) groups is 1. The third-order valence-corrected chi connectivity index (χ3v) is 5.64. The molecular formula is C24H19NO3S2. The van der Waals surface area contributed by atoms with Crippen LogP contribution in [0.1, 0.15) is 12.5 Å². The summed E-state index contributed by atoms with van der Waals surface area (Å²) in [5.41, 5.74) is 1.60. The molecule has 150 valence electrons. The fourth-order valence-corrected chi connectivity index (χ4v) is 4.29. The lowest BCUT2D eigenvalue weighted by molar-refractivity contribution is -0.113. The van der Waals surface area contributed by atoms with Gasteiger partial charge >= 0.3 is 0 Å². The Labute approximate surface area is 185 Å². The van der Waals surface area contributed by atoms with Gasteiger partial charge in [0, 0.05) is 0 Å². The monoisotopic (exact) mass is 433 g/mol. The number of carbonyl (C=O) groups is 1. The van der Waals surface area contributed by atoms with Gasteiger partial charge in [0.25, 0.3) is 5.91 Å². The maximum atomic E-state index is 13.0. The van der Waals surface area contributed by atoms with Crippen molar-refractivity contribution in [3.05, 3.63) is 89.3 Å². The van der Waals surface area contributed by atoms with Crippen molar-refractivity contribution in [3.8, 4) is 17.2 Å². The van der Waals surface area contributed by atoms with Crippen LogP contribution in [-0.4, -0.2) is 16.8 Å². The summed E-state index contributed by atoms with van der Waals surface area (Å²) in [6, 6.07) is 24.6. The second-order valence-electron chi connectivity index (χ2n) is 6.43. The van der Waals surface area contributed by atoms with Gasteiger partial charge < -0.3 is 9.47 Å². The molecule has 0 bridgehead atoms. The summed E-state index contributed by atoms with van der Waals surface area (Å²) < 4.78 is 11.9. The van der Waals surface area contributed by atoms with Gasteiger partial charge in [0.15, 0.2) is 4.32 Å². The molecule has 1 aliphatic heterocycles. The van der Waals surface area contributed by atoms with Crippen molar-refractivity contribution >= 4 is 46.0 Å². The van der Waals surface area contributed by atoms with E-state index in [4.69, 9.17) is 21.7 Å². The lowest BCUT2D eigenvalue weighted by Crippen LogP contribution is -2.27. The van der Waals surface area contributed by atoms with E-state index in [9.17, 15) is 4.79 Å². The number of thioether (sulfide) groups is 1. The van der Waals surface area contributed by atoms with Crippen LogP contribution in [-0.2, 0) is 4.79 Å². The van der Waals surface area contributed by atoms with Crippen LogP contribution in [0.2, 0.25) is 0 Å². The highest BCUT2D eigenvalue weighted by Gasteiger charge is 2.33. The Morgan fingerprint density at radius 2 is 1.67 bits per heavy atom. The fourth-order valence-electron chi connectivity index (χ4n) is 2.99. The zero-order valence-corrected chi connectivity index (χ0v) is 17.9. The zero-order chi connectivity index (χ0) is 20.9. The topological polar surface area (TPSA) is 38.8 Å². The third kappa shape index (κ3) is 4.56. The van der Waals surface area contributed by atoms with Crippen molar-refractivity contribution in [2.45, 2.75) is 6.92 Å². The molecule has 0 saturated carbocycles. The van der Waals surface area contributed by atoms with Crippen LogP contribution in [0.15, 0.2) is 83.8 Å². The Kier molecular flexibility index (Phi) is 6.16. The Morgan fingerprint density at radius 3 is 2.40 bits per heavy atom. The molecule has 1 amide bonds. The van der Waals surface area contributed by atoms with Crippen molar-refractivity contribution in [1.82, 2.24) is 0 Å². The summed E-state index contributed by atoms with van der Waals surface area (Å²) in [5.74, 6) is 2.09. The molecule has 30 heavy (non-hydrogen) atoms. The van der Waals surface area contributed by atoms with Gasteiger partial charge in [-0.1, -0.05) is 54.3 Å². The van der Waals surface area contributed by atoms with Gasteiger partial charge in [-0.05, 0) is 67.1 Å². The molecule has 0 atom stereocenters. The summed E-state index contributed by atoms with van der Waals surface area (Å²) in [6.45, 7) is 2.52. The van der Waals surface area contributed by atoms with E-state index in [1.54, 1.807) is 4.90 Å². The minimum absolute atomic E-state index is 0.136. The van der Waals surface area contributed by atoms with Gasteiger partial charge in [0.2, 0.25) is 0 Å². The van der Waals surface area contributed by atoms with E-state index in [0.29, 0.717) is 21.6 Å². The van der Waals surface area contributed by atoms with E-state index in [1.807, 2.05) is 91.9 Å². The van der Waals surface area contributed by atoms with Crippen LogP contribution in [0, 0.1) is 0 Å². The first kappa shape index (κ1) is 20.2. The minimum atomic E-state index is -0.136. The first-order chi connectivity index (χ1) is 14.6. The summed E-state index contributed by atoms with van der Waals surface area (Å²) >= 11 is 6.75. The average molecular weight is 434 g/mol. The van der Waals surface area contributed by atoms with E-state index < -0.39 is 0 Å². The lowest BCUT2D eigenvalue weighted by Gasteiger charge is -2.15. The Balaban J connectivity index is 1.54. The third-order valence-electron chi connectivity index (χ3n) is 4.33. The first-order valence-corrected chi connectivity index (χ1v) is 10.7. The fraction of sp³-hybridized carbons (Fsp3) is 0.0833. The van der Waals surface area contributed by atoms with Crippen LogP contribution < -0.4 is 14.4 Å². The number of nitrogens with zero attached hydrogens (tertiary/aromatic N) is 1. The largest absolute Gasteiger partial charge is 0.494 e. The Hall–Kier alpha value is -3.09. The molecule has 0 N–H and O–H groups in total. The standard InChI is InChI=1S/C24H19NO3S2/c1-2-27-19-13-11-18(12-14-19)25-23(26)22(30-24(25)29)16-17-7-6-10-21(15-17)28-20-8-4-3-5-9-20/h3-16H,2H2,1H3/b22-16-. The van der Waals surface area contributed by atoms with Gasteiger partial charge in [-0.15, -0.1) is 0 Å². The molecule has 4 rings (SSSR count). The van der Waals surface area contributed by atoms with E-state index >= 15 is 0 Å². The van der Waals surface area contributed by atoms with E-state index in [1.165, 1.54) is 11.8 Å². The summed E-state index contributed by atoms with van der Waals surface area (Å²) in [6.07, 6.45) is 1.84. The molecule has 0 unspecified atom stereocenters. The SMILES string of the molecule is CCOc1ccc(N2C(=O)/C(=C/c3cccc(Oc4ccccc4)c3)SC2=S)cc1. The van der Waals surface area contributed by atoms with Crippen molar-refractivity contribution in [3.63, 3.8) is 0 Å². The van der Waals surface area contributed by atoms with Crippen LogP contribution in [0.5, 0.6) is 17.2 Å². The molecule has 1 saturated heterocycles. The van der Waals surface area contributed by atoms with Crippen LogP contribution in [0.3, 0.4) is 0 Å². The molecule has 0 aromatic heterocycles. The van der Waals surface area contributed by atoms with Gasteiger partial charge in [-0.25, -0.2) is 0 Å². The molecule has 0 aliphatic carbocycles. The average Bonchev–Trinajstić information content (AvgIpc) is 3.03. The van der Waals surface area contributed by atoms with Gasteiger partial charge in [-0.2, -0.15) is 0 Å². The zero-order valence-electron chi connectivity index (χ0n) is 16.3. The second kappa shape index (κ2) is 9.15. The summed E-state index contributed by atoms with van der Waals surface area (Å²) in [4.78, 5) is 15.1. The van der Waals surface area contributed by atoms with E-state index in [0.717, 1.165) is 22.7 Å². The minimum Gasteiger partial charge on any atom is -0.494 e. The van der Waals surface area contributed by atoms with Crippen molar-refractivity contribution in [2.24, 2.45) is 0 Å². The summed E-state index contributed by atoms with van der Waals surface area (Å²) in [5, 5.41) is 0. The molecule has 1 fully saturated rings. The molecule has 0 spiro atoms. The predicted molar refractivity (Wildman–Crippen MR) is 126 cm³/mol. The molecule has 4 nitrogen and oxygen atoms in total. The Bertz CT molecular complexity index is 1090. The Morgan fingerprint density at radius 1 is 0.933 bits per heavy atom. The predicted octanol–water partition coefficient (Wildman–Crippen LogP) is 6.28. The molecular weight excluding hydrogens is 414 g/mol. The molecule has 6 heteroatoms. The highest BCUT2D eigenvalue weighted by atomic mass is 32.2. The molecule has 1 heterocycles. The molecule has 3 aromatic rings. The van der Waals surface area contributed by atoms with E-state index in [-0.39, 0.29) is 5.91 Å². The number of hydrogen-bond donors (Lipinski definition) is 0. The van der Waals surface area contributed by atoms with Gasteiger partial charge in [-0.3, -0.25) is 9.69 Å². The molecule has 3 aromatic carbocycles. The number of ether oxygens (including phenoxy) is 2. The number of para-hydroxylation sites is 1. The van der Waals surface area contributed by atoms with Crippen LogP contribution in [0.25, 0.3) is 6.08 Å². The summed E-state index contributed by atoms with van der Waals surface area (Å²) in [7, 11) is 0. The molecule has 0 radical (unpaired) electrons. The lowest BCUT2D eigenvalue weighted by atomic mass is 10.2. The van der Waals surface area contributed by atoms with Crippen LogP contribution in [0.4, 0.5) is 5.69 Å². The smallest absolute Gasteiger partial charge is 0.270 e. The number of benzene rings is 3. The van der Waals surface area contributed by atoms with Crippen molar-refractivity contribution in [1.29, 1.82) is 0 Å².